The molecule has 21 heavy (non-hydrogen) atoms. The molecule has 0 radical (unpaired) electrons. The number of hydrogen-bond acceptors (Lipinski definition) is 0. The van der Waals surface area contributed by atoms with Crippen molar-refractivity contribution in [2.75, 3.05) is 0 Å². The van der Waals surface area contributed by atoms with Crippen molar-refractivity contribution in [3.8, 4) is 0 Å². The molecule has 0 amide bonds. The zero-order valence-electron chi connectivity index (χ0n) is 12.6. The van der Waals surface area contributed by atoms with Crippen molar-refractivity contribution in [1.29, 1.82) is 0 Å². The van der Waals surface area contributed by atoms with Gasteiger partial charge in [0.25, 0.3) is 0 Å². The number of hydrogen-bond donors (Lipinski definition) is 0. The monoisotopic (exact) mass is 294 g/mol. The standard InChI is InChI=1S/C20H23P/c1-3-4-9-17-10-5-7-12-19(17)16(2)20-13-8-6-11-18(20)14-15-21/h3-8,11-15,17H,2,9-10,21H2,1H3/b4-3?,15-14-. The summed E-state index contributed by atoms with van der Waals surface area (Å²) >= 11 is 0. The third kappa shape index (κ3) is 3.93. The molecule has 1 aliphatic rings. The van der Waals surface area contributed by atoms with E-state index in [4.69, 9.17) is 0 Å². The van der Waals surface area contributed by atoms with Gasteiger partial charge in [-0.1, -0.05) is 73.1 Å². The number of allylic oxidation sites excluding steroid dienone is 7. The molecule has 0 saturated heterocycles. The molecular weight excluding hydrogens is 271 g/mol. The molecule has 0 N–H and O–H groups in total. The fourth-order valence-corrected chi connectivity index (χ4v) is 2.93. The van der Waals surface area contributed by atoms with Crippen LogP contribution in [0.2, 0.25) is 0 Å². The predicted octanol–water partition coefficient (Wildman–Crippen LogP) is 6.01. The van der Waals surface area contributed by atoms with Crippen molar-refractivity contribution in [2.45, 2.75) is 19.8 Å². The SMILES string of the molecule is C=C(C1=CC=CCC1CC=CC)c1ccccc1/C=C\P. The quantitative estimate of drug-likeness (QED) is 0.460. The van der Waals surface area contributed by atoms with Gasteiger partial charge in [0.1, 0.15) is 0 Å². The molecule has 1 aromatic carbocycles. The third-order valence-electron chi connectivity index (χ3n) is 3.84. The maximum absolute atomic E-state index is 4.38. The summed E-state index contributed by atoms with van der Waals surface area (Å²) in [5, 5.41) is 0. The lowest BCUT2D eigenvalue weighted by Gasteiger charge is -2.23. The van der Waals surface area contributed by atoms with E-state index < -0.39 is 0 Å². The Morgan fingerprint density at radius 2 is 2.19 bits per heavy atom. The van der Waals surface area contributed by atoms with Gasteiger partial charge in [-0.05, 0) is 48.0 Å². The highest BCUT2D eigenvalue weighted by molar-refractivity contribution is 7.21. The van der Waals surface area contributed by atoms with Crippen LogP contribution in [0, 0.1) is 5.92 Å². The molecule has 0 spiro atoms. The first-order valence-electron chi connectivity index (χ1n) is 7.42. The van der Waals surface area contributed by atoms with Crippen LogP contribution in [0.4, 0.5) is 0 Å². The minimum absolute atomic E-state index is 0.534. The maximum Gasteiger partial charge on any atom is -0.00868 e. The van der Waals surface area contributed by atoms with E-state index in [1.54, 1.807) is 0 Å². The van der Waals surface area contributed by atoms with Crippen molar-refractivity contribution >= 4 is 20.9 Å². The largest absolute Gasteiger partial charge is 0.114 e. The molecular formula is C20H23P. The Morgan fingerprint density at radius 1 is 1.38 bits per heavy atom. The van der Waals surface area contributed by atoms with Gasteiger partial charge < -0.3 is 0 Å². The molecule has 0 aromatic heterocycles. The topological polar surface area (TPSA) is 0 Å². The Kier molecular flexibility index (Phi) is 5.96. The molecule has 1 aliphatic carbocycles. The van der Waals surface area contributed by atoms with E-state index in [0.29, 0.717) is 5.92 Å². The third-order valence-corrected chi connectivity index (χ3v) is 4.03. The first kappa shape index (κ1) is 15.7. The van der Waals surface area contributed by atoms with Crippen molar-refractivity contribution in [1.82, 2.24) is 0 Å². The lowest BCUT2D eigenvalue weighted by atomic mass is 9.81. The second kappa shape index (κ2) is 7.96. The van der Waals surface area contributed by atoms with Crippen LogP contribution in [-0.2, 0) is 0 Å². The molecule has 0 fully saturated rings. The average Bonchev–Trinajstić information content (AvgIpc) is 2.53. The highest BCUT2D eigenvalue weighted by atomic mass is 31.0. The van der Waals surface area contributed by atoms with Crippen LogP contribution in [-0.4, -0.2) is 0 Å². The molecule has 1 aromatic rings. The van der Waals surface area contributed by atoms with Crippen LogP contribution in [0.25, 0.3) is 11.6 Å². The summed E-state index contributed by atoms with van der Waals surface area (Å²) in [7, 11) is 2.64. The summed E-state index contributed by atoms with van der Waals surface area (Å²) in [6, 6.07) is 8.46. The Morgan fingerprint density at radius 3 is 2.95 bits per heavy atom. The molecule has 0 nitrogen and oxygen atoms in total. The summed E-state index contributed by atoms with van der Waals surface area (Å²) in [4.78, 5) is 0. The summed E-state index contributed by atoms with van der Waals surface area (Å²) < 4.78 is 0. The van der Waals surface area contributed by atoms with Gasteiger partial charge in [-0.2, -0.15) is 0 Å². The van der Waals surface area contributed by atoms with E-state index in [0.717, 1.165) is 18.4 Å². The second-order valence-corrected chi connectivity index (χ2v) is 5.60. The molecule has 2 unspecified atom stereocenters. The van der Waals surface area contributed by atoms with Crippen molar-refractivity contribution in [2.24, 2.45) is 5.92 Å². The van der Waals surface area contributed by atoms with Crippen LogP contribution in [0.3, 0.4) is 0 Å². The maximum atomic E-state index is 4.38. The first-order valence-corrected chi connectivity index (χ1v) is 8.09. The lowest BCUT2D eigenvalue weighted by Crippen LogP contribution is -2.07. The van der Waals surface area contributed by atoms with Crippen molar-refractivity contribution in [3.63, 3.8) is 0 Å². The Hall–Kier alpha value is -1.65. The number of rotatable bonds is 5. The van der Waals surface area contributed by atoms with Gasteiger partial charge in [0.15, 0.2) is 0 Å². The lowest BCUT2D eigenvalue weighted by molar-refractivity contribution is 0.644. The van der Waals surface area contributed by atoms with E-state index in [9.17, 15) is 0 Å². The van der Waals surface area contributed by atoms with Gasteiger partial charge >= 0.3 is 0 Å². The Labute approximate surface area is 130 Å². The van der Waals surface area contributed by atoms with Crippen LogP contribution < -0.4 is 0 Å². The fourth-order valence-electron chi connectivity index (χ4n) is 2.72. The van der Waals surface area contributed by atoms with Crippen molar-refractivity contribution < 1.29 is 0 Å². The normalized spacial score (nSPS) is 18.4. The van der Waals surface area contributed by atoms with Gasteiger partial charge in [-0.25, -0.2) is 0 Å². The van der Waals surface area contributed by atoms with Gasteiger partial charge in [0.2, 0.25) is 0 Å². The Balaban J connectivity index is 2.33. The molecule has 2 rings (SSSR count). The fraction of sp³-hybridized carbons (Fsp3) is 0.200. The summed E-state index contributed by atoms with van der Waals surface area (Å²) in [5.74, 6) is 2.53. The van der Waals surface area contributed by atoms with Crippen LogP contribution in [0.15, 0.2) is 72.6 Å². The number of benzene rings is 1. The molecule has 0 aliphatic heterocycles. The molecule has 0 bridgehead atoms. The second-order valence-electron chi connectivity index (χ2n) is 5.21. The van der Waals surface area contributed by atoms with Crippen LogP contribution >= 0.6 is 9.24 Å². The zero-order valence-corrected chi connectivity index (χ0v) is 13.8. The predicted molar refractivity (Wildman–Crippen MR) is 99.0 cm³/mol. The van der Waals surface area contributed by atoms with Crippen LogP contribution in [0.5, 0.6) is 0 Å². The van der Waals surface area contributed by atoms with Crippen molar-refractivity contribution in [3.05, 3.63) is 83.7 Å². The molecule has 2 atom stereocenters. The molecule has 108 valence electrons. The van der Waals surface area contributed by atoms with E-state index in [-0.39, 0.29) is 0 Å². The minimum atomic E-state index is 0.534. The van der Waals surface area contributed by atoms with E-state index in [1.807, 2.05) is 5.82 Å². The van der Waals surface area contributed by atoms with Gasteiger partial charge in [0.05, 0.1) is 0 Å². The summed E-state index contributed by atoms with van der Waals surface area (Å²) in [6.45, 7) is 6.46. The molecule has 1 heteroatoms. The smallest absolute Gasteiger partial charge is 0.00868 e. The van der Waals surface area contributed by atoms with Crippen LogP contribution in [0.1, 0.15) is 30.9 Å². The van der Waals surface area contributed by atoms with Gasteiger partial charge in [-0.15, -0.1) is 9.24 Å². The van der Waals surface area contributed by atoms with E-state index in [2.05, 4.69) is 83.5 Å². The molecule has 0 saturated carbocycles. The minimum Gasteiger partial charge on any atom is -0.114 e. The summed E-state index contributed by atoms with van der Waals surface area (Å²) in [5.41, 5.74) is 4.95. The van der Waals surface area contributed by atoms with E-state index >= 15 is 0 Å². The Bertz CT molecular complexity index is 614. The van der Waals surface area contributed by atoms with Gasteiger partial charge in [0, 0.05) is 0 Å². The van der Waals surface area contributed by atoms with Gasteiger partial charge in [-0.3, -0.25) is 0 Å². The zero-order chi connectivity index (χ0) is 15.1. The first-order chi connectivity index (χ1) is 10.3. The highest BCUT2D eigenvalue weighted by Gasteiger charge is 2.18. The summed E-state index contributed by atoms with van der Waals surface area (Å²) in [6.07, 6.45) is 15.3. The average molecular weight is 294 g/mol. The van der Waals surface area contributed by atoms with E-state index in [1.165, 1.54) is 16.7 Å². The molecule has 0 heterocycles. The highest BCUT2D eigenvalue weighted by Crippen LogP contribution is 2.35.